The van der Waals surface area contributed by atoms with Crippen molar-refractivity contribution in [2.45, 2.75) is 38.1 Å². The van der Waals surface area contributed by atoms with Gasteiger partial charge in [-0.15, -0.1) is 0 Å². The Morgan fingerprint density at radius 3 is 2.46 bits per heavy atom. The minimum Gasteiger partial charge on any atom is -0.439 e. The topological polar surface area (TPSA) is 55.4 Å². The van der Waals surface area contributed by atoms with Crippen molar-refractivity contribution in [1.29, 1.82) is 0 Å². The summed E-state index contributed by atoms with van der Waals surface area (Å²) in [6.45, 7) is 0. The van der Waals surface area contributed by atoms with E-state index >= 15 is 0 Å². The van der Waals surface area contributed by atoms with Crippen molar-refractivity contribution in [1.82, 2.24) is 0 Å². The molecule has 0 bridgehead atoms. The standard InChI is InChI=1S/C23H20FNO3/c24-15-12-10-14(11-13-15)19-20-21(17-8-4-5-9-18(17)27-23(20)26)28-22(19)25-16-6-2-1-3-7-16/h4-5,8-13,16,25H,1-3,6-7H2. The predicted molar refractivity (Wildman–Crippen MR) is 108 cm³/mol. The van der Waals surface area contributed by atoms with Gasteiger partial charge in [-0.2, -0.15) is 0 Å². The molecule has 4 nitrogen and oxygen atoms in total. The molecule has 1 aliphatic rings. The number of hydrogen-bond donors (Lipinski definition) is 1. The van der Waals surface area contributed by atoms with Crippen LogP contribution in [0.3, 0.4) is 0 Å². The Labute approximate surface area is 161 Å². The SMILES string of the molecule is O=c1oc2ccccc2c2oc(NC3CCCCC3)c(-c3ccc(F)cc3)c12. The third-order valence-electron chi connectivity index (χ3n) is 5.52. The van der Waals surface area contributed by atoms with Gasteiger partial charge in [-0.3, -0.25) is 0 Å². The average molecular weight is 377 g/mol. The van der Waals surface area contributed by atoms with Crippen molar-refractivity contribution in [3.8, 4) is 11.1 Å². The van der Waals surface area contributed by atoms with E-state index in [-0.39, 0.29) is 5.82 Å². The Morgan fingerprint density at radius 1 is 0.929 bits per heavy atom. The van der Waals surface area contributed by atoms with Gasteiger partial charge in [0.05, 0.1) is 10.9 Å². The van der Waals surface area contributed by atoms with Gasteiger partial charge in [-0.1, -0.05) is 43.5 Å². The molecule has 1 aliphatic carbocycles. The van der Waals surface area contributed by atoms with Gasteiger partial charge < -0.3 is 14.2 Å². The van der Waals surface area contributed by atoms with Crippen molar-refractivity contribution in [3.63, 3.8) is 0 Å². The van der Waals surface area contributed by atoms with Gasteiger partial charge in [0, 0.05) is 6.04 Å². The molecule has 2 heterocycles. The number of para-hydroxylation sites is 1. The largest absolute Gasteiger partial charge is 0.439 e. The molecular weight excluding hydrogens is 357 g/mol. The lowest BCUT2D eigenvalue weighted by Gasteiger charge is -2.23. The van der Waals surface area contributed by atoms with Crippen molar-refractivity contribution in [3.05, 3.63) is 64.8 Å². The Hall–Kier alpha value is -3.08. The molecule has 142 valence electrons. The molecule has 2 aromatic heterocycles. The molecule has 0 aliphatic heterocycles. The number of rotatable bonds is 3. The van der Waals surface area contributed by atoms with Crippen LogP contribution in [0, 0.1) is 5.82 Å². The lowest BCUT2D eigenvalue weighted by Crippen LogP contribution is -2.22. The van der Waals surface area contributed by atoms with Crippen LogP contribution in [0.2, 0.25) is 0 Å². The minimum atomic E-state index is -0.450. The second-order valence-electron chi connectivity index (χ2n) is 7.38. The summed E-state index contributed by atoms with van der Waals surface area (Å²) in [6, 6.07) is 13.8. The summed E-state index contributed by atoms with van der Waals surface area (Å²) < 4.78 is 25.2. The van der Waals surface area contributed by atoms with Gasteiger partial charge >= 0.3 is 5.63 Å². The van der Waals surface area contributed by atoms with E-state index in [4.69, 9.17) is 8.83 Å². The molecule has 0 radical (unpaired) electrons. The van der Waals surface area contributed by atoms with Crippen LogP contribution in [0.25, 0.3) is 33.1 Å². The summed E-state index contributed by atoms with van der Waals surface area (Å²) in [5.41, 5.74) is 1.91. The fourth-order valence-electron chi connectivity index (χ4n) is 4.14. The van der Waals surface area contributed by atoms with Gasteiger partial charge in [-0.25, -0.2) is 9.18 Å². The molecule has 0 atom stereocenters. The second kappa shape index (κ2) is 6.82. The Bertz CT molecular complexity index is 1200. The van der Waals surface area contributed by atoms with E-state index in [2.05, 4.69) is 5.32 Å². The number of anilines is 1. The second-order valence-corrected chi connectivity index (χ2v) is 7.38. The van der Waals surface area contributed by atoms with E-state index in [9.17, 15) is 9.18 Å². The molecule has 28 heavy (non-hydrogen) atoms. The van der Waals surface area contributed by atoms with E-state index in [0.29, 0.717) is 34.0 Å². The first-order chi connectivity index (χ1) is 13.7. The number of furan rings is 1. The highest BCUT2D eigenvalue weighted by Gasteiger charge is 2.24. The molecule has 0 spiro atoms. The molecule has 5 heteroatoms. The van der Waals surface area contributed by atoms with Crippen LogP contribution in [-0.2, 0) is 0 Å². The van der Waals surface area contributed by atoms with Gasteiger partial charge in [0.25, 0.3) is 0 Å². The van der Waals surface area contributed by atoms with Crippen LogP contribution in [0.1, 0.15) is 32.1 Å². The average Bonchev–Trinajstić information content (AvgIpc) is 3.09. The minimum absolute atomic E-state index is 0.298. The maximum atomic E-state index is 13.5. The highest BCUT2D eigenvalue weighted by Crippen LogP contribution is 2.40. The predicted octanol–water partition coefficient (Wildman–Crippen LogP) is 6.09. The Balaban J connectivity index is 1.77. The lowest BCUT2D eigenvalue weighted by molar-refractivity contribution is 0.453. The third kappa shape index (κ3) is 2.87. The first kappa shape index (κ1) is 17.0. The maximum Gasteiger partial charge on any atom is 0.348 e. The van der Waals surface area contributed by atoms with Crippen molar-refractivity contribution in [2.24, 2.45) is 0 Å². The number of nitrogens with one attached hydrogen (secondary N) is 1. The first-order valence-corrected chi connectivity index (χ1v) is 9.71. The van der Waals surface area contributed by atoms with Crippen LogP contribution in [0.15, 0.2) is 62.2 Å². The number of hydrogen-bond acceptors (Lipinski definition) is 4. The lowest BCUT2D eigenvalue weighted by atomic mass is 9.95. The van der Waals surface area contributed by atoms with Gasteiger partial charge in [0.1, 0.15) is 16.8 Å². The van der Waals surface area contributed by atoms with Gasteiger partial charge in [-0.05, 0) is 42.7 Å². The fourth-order valence-corrected chi connectivity index (χ4v) is 4.14. The number of halogens is 1. The summed E-state index contributed by atoms with van der Waals surface area (Å²) in [5.74, 6) is 0.230. The molecule has 0 unspecified atom stereocenters. The highest BCUT2D eigenvalue weighted by molar-refractivity contribution is 6.09. The third-order valence-corrected chi connectivity index (χ3v) is 5.52. The Morgan fingerprint density at radius 2 is 1.68 bits per heavy atom. The zero-order chi connectivity index (χ0) is 19.1. The zero-order valence-corrected chi connectivity index (χ0v) is 15.3. The Kier molecular flexibility index (Phi) is 4.15. The first-order valence-electron chi connectivity index (χ1n) is 9.71. The van der Waals surface area contributed by atoms with Crippen molar-refractivity contribution in [2.75, 3.05) is 5.32 Å². The summed E-state index contributed by atoms with van der Waals surface area (Å²) in [4.78, 5) is 12.8. The normalized spacial score (nSPS) is 15.3. The highest BCUT2D eigenvalue weighted by atomic mass is 19.1. The van der Waals surface area contributed by atoms with E-state index in [1.807, 2.05) is 18.2 Å². The molecule has 0 saturated heterocycles. The summed E-state index contributed by atoms with van der Waals surface area (Å²) >= 11 is 0. The molecule has 1 saturated carbocycles. The van der Waals surface area contributed by atoms with Gasteiger partial charge in [0.2, 0.25) is 5.88 Å². The molecule has 5 rings (SSSR count). The van der Waals surface area contributed by atoms with E-state index in [1.165, 1.54) is 31.4 Å². The fraction of sp³-hybridized carbons (Fsp3) is 0.261. The maximum absolute atomic E-state index is 13.5. The molecule has 2 aromatic carbocycles. The molecular formula is C23H20FNO3. The zero-order valence-electron chi connectivity index (χ0n) is 15.3. The summed E-state index contributed by atoms with van der Waals surface area (Å²) in [7, 11) is 0. The van der Waals surface area contributed by atoms with E-state index < -0.39 is 5.63 Å². The van der Waals surface area contributed by atoms with Crippen molar-refractivity contribution < 1.29 is 13.2 Å². The van der Waals surface area contributed by atoms with Crippen LogP contribution in [0.5, 0.6) is 0 Å². The van der Waals surface area contributed by atoms with Crippen LogP contribution in [0.4, 0.5) is 10.3 Å². The van der Waals surface area contributed by atoms with Crippen LogP contribution < -0.4 is 10.9 Å². The van der Waals surface area contributed by atoms with E-state index in [1.54, 1.807) is 18.2 Å². The summed E-state index contributed by atoms with van der Waals surface area (Å²) in [6.07, 6.45) is 5.73. The van der Waals surface area contributed by atoms with Gasteiger partial charge in [0.15, 0.2) is 5.58 Å². The molecule has 1 N–H and O–H groups in total. The van der Waals surface area contributed by atoms with Crippen LogP contribution >= 0.6 is 0 Å². The van der Waals surface area contributed by atoms with Crippen LogP contribution in [-0.4, -0.2) is 6.04 Å². The molecule has 1 fully saturated rings. The smallest absolute Gasteiger partial charge is 0.348 e. The monoisotopic (exact) mass is 377 g/mol. The summed E-state index contributed by atoms with van der Waals surface area (Å²) in [5, 5.41) is 4.64. The quantitative estimate of drug-likeness (QED) is 0.439. The number of benzene rings is 2. The molecule has 4 aromatic rings. The molecule has 0 amide bonds. The number of fused-ring (bicyclic) bond motifs is 3. The van der Waals surface area contributed by atoms with E-state index in [0.717, 1.165) is 23.8 Å². The van der Waals surface area contributed by atoms with Crippen molar-refractivity contribution >= 4 is 27.8 Å².